The van der Waals surface area contributed by atoms with Crippen molar-refractivity contribution in [2.24, 2.45) is 5.73 Å². The fraction of sp³-hybridized carbons (Fsp3) is 0.300. The summed E-state index contributed by atoms with van der Waals surface area (Å²) in [7, 11) is 0. The summed E-state index contributed by atoms with van der Waals surface area (Å²) in [5, 5.41) is 0. The highest BCUT2D eigenvalue weighted by Gasteiger charge is 2.25. The highest BCUT2D eigenvalue weighted by atomic mass is 16.5. The summed E-state index contributed by atoms with van der Waals surface area (Å²) in [4.78, 5) is 11.4. The zero-order valence-corrected chi connectivity index (χ0v) is 7.19. The van der Waals surface area contributed by atoms with Crippen molar-refractivity contribution in [3.63, 3.8) is 0 Å². The normalized spacial score (nSPS) is 20.7. The van der Waals surface area contributed by atoms with Crippen molar-refractivity contribution in [1.29, 1.82) is 0 Å². The van der Waals surface area contributed by atoms with E-state index in [1.807, 2.05) is 24.3 Å². The van der Waals surface area contributed by atoms with Gasteiger partial charge in [0.2, 0.25) is 0 Å². The molecule has 0 radical (unpaired) electrons. The molecule has 1 atom stereocenters. The lowest BCUT2D eigenvalue weighted by Gasteiger charge is -2.23. The topological polar surface area (TPSA) is 52.3 Å². The van der Waals surface area contributed by atoms with Gasteiger partial charge in [-0.3, -0.25) is 4.79 Å². The molecule has 2 rings (SSSR count). The number of Topliss-reactive ketones (excluding diaryl/α,β-unsaturated/α-hetero) is 1. The van der Waals surface area contributed by atoms with E-state index in [0.717, 1.165) is 11.3 Å². The first-order valence-electron chi connectivity index (χ1n) is 4.28. The van der Waals surface area contributed by atoms with Gasteiger partial charge in [0.15, 0.2) is 11.9 Å². The number of carbonyl (C=O) groups is 1. The lowest BCUT2D eigenvalue weighted by molar-refractivity contribution is -0.125. The van der Waals surface area contributed by atoms with Crippen molar-refractivity contribution in [3.05, 3.63) is 29.8 Å². The van der Waals surface area contributed by atoms with Crippen LogP contribution in [-0.2, 0) is 11.2 Å². The molecule has 13 heavy (non-hydrogen) atoms. The van der Waals surface area contributed by atoms with Gasteiger partial charge < -0.3 is 10.5 Å². The second kappa shape index (κ2) is 3.18. The Kier molecular flexibility index (Phi) is 2.02. The van der Waals surface area contributed by atoms with E-state index >= 15 is 0 Å². The van der Waals surface area contributed by atoms with Crippen molar-refractivity contribution in [1.82, 2.24) is 0 Å². The van der Waals surface area contributed by atoms with Crippen LogP contribution in [-0.4, -0.2) is 18.4 Å². The summed E-state index contributed by atoms with van der Waals surface area (Å²) in [6.45, 7) is 0.257. The number of ether oxygens (including phenoxy) is 1. The number of ketones is 1. The Labute approximate surface area is 76.5 Å². The Balaban J connectivity index is 2.33. The van der Waals surface area contributed by atoms with Gasteiger partial charge in [0.1, 0.15) is 5.75 Å². The Morgan fingerprint density at radius 1 is 1.46 bits per heavy atom. The summed E-state index contributed by atoms with van der Waals surface area (Å²) in [5.74, 6) is 0.860. The molecule has 2 N–H and O–H groups in total. The number of benzene rings is 1. The second-order valence-electron chi connectivity index (χ2n) is 3.09. The number of rotatable bonds is 1. The van der Waals surface area contributed by atoms with Crippen LogP contribution in [0.4, 0.5) is 0 Å². The largest absolute Gasteiger partial charge is 0.481 e. The Morgan fingerprint density at radius 3 is 3.00 bits per heavy atom. The number of para-hydroxylation sites is 1. The van der Waals surface area contributed by atoms with Gasteiger partial charge in [-0.15, -0.1) is 0 Å². The smallest absolute Gasteiger partial charge is 0.179 e. The van der Waals surface area contributed by atoms with Crippen LogP contribution in [0.3, 0.4) is 0 Å². The maximum atomic E-state index is 11.4. The van der Waals surface area contributed by atoms with E-state index in [1.165, 1.54) is 0 Å². The summed E-state index contributed by atoms with van der Waals surface area (Å²) >= 11 is 0. The third-order valence-corrected chi connectivity index (χ3v) is 2.18. The number of hydrogen-bond donors (Lipinski definition) is 1. The molecular formula is C10H11NO2. The van der Waals surface area contributed by atoms with Crippen molar-refractivity contribution in [2.75, 3.05) is 6.54 Å². The van der Waals surface area contributed by atoms with Gasteiger partial charge in [0.05, 0.1) is 0 Å². The van der Waals surface area contributed by atoms with Gasteiger partial charge in [-0.25, -0.2) is 0 Å². The van der Waals surface area contributed by atoms with E-state index in [1.54, 1.807) is 0 Å². The molecule has 1 heterocycles. The van der Waals surface area contributed by atoms with Crippen molar-refractivity contribution in [2.45, 2.75) is 12.5 Å². The van der Waals surface area contributed by atoms with E-state index in [4.69, 9.17) is 10.5 Å². The molecule has 1 aromatic carbocycles. The summed E-state index contributed by atoms with van der Waals surface area (Å²) in [6.07, 6.45) is -0.00667. The summed E-state index contributed by atoms with van der Waals surface area (Å²) in [6, 6.07) is 7.56. The lowest BCUT2D eigenvalue weighted by atomic mass is 10.0. The molecule has 0 amide bonds. The zero-order valence-electron chi connectivity index (χ0n) is 7.19. The van der Waals surface area contributed by atoms with Gasteiger partial charge in [-0.2, -0.15) is 0 Å². The van der Waals surface area contributed by atoms with E-state index in [2.05, 4.69) is 0 Å². The molecule has 3 heteroatoms. The Morgan fingerprint density at radius 2 is 2.23 bits per heavy atom. The first kappa shape index (κ1) is 8.26. The molecule has 1 aliphatic heterocycles. The summed E-state index contributed by atoms with van der Waals surface area (Å²) < 4.78 is 5.42. The molecule has 0 aromatic heterocycles. The third kappa shape index (κ3) is 1.42. The minimum atomic E-state index is -0.449. The van der Waals surface area contributed by atoms with Crippen LogP contribution in [0.5, 0.6) is 5.75 Å². The highest BCUT2D eigenvalue weighted by molar-refractivity contribution is 5.87. The van der Waals surface area contributed by atoms with Crippen LogP contribution in [0.2, 0.25) is 0 Å². The first-order valence-corrected chi connectivity index (χ1v) is 4.28. The van der Waals surface area contributed by atoms with Gasteiger partial charge in [-0.1, -0.05) is 18.2 Å². The van der Waals surface area contributed by atoms with Gasteiger partial charge in [-0.05, 0) is 6.07 Å². The standard InChI is InChI=1S/C10H11NO2/c11-6-10-8(12)5-7-3-1-2-4-9(7)13-10/h1-4,10H,5-6,11H2. The molecule has 1 unspecified atom stereocenters. The molecule has 1 aromatic rings. The first-order chi connectivity index (χ1) is 6.31. The molecule has 1 aliphatic rings. The highest BCUT2D eigenvalue weighted by Crippen LogP contribution is 2.24. The second-order valence-corrected chi connectivity index (χ2v) is 3.09. The van der Waals surface area contributed by atoms with Crippen LogP contribution < -0.4 is 10.5 Å². The van der Waals surface area contributed by atoms with Crippen LogP contribution in [0.1, 0.15) is 5.56 Å². The zero-order chi connectivity index (χ0) is 9.26. The Bertz CT molecular complexity index is 335. The molecule has 68 valence electrons. The van der Waals surface area contributed by atoms with Crippen LogP contribution in [0, 0.1) is 0 Å². The molecule has 0 aliphatic carbocycles. The molecule has 0 spiro atoms. The maximum absolute atomic E-state index is 11.4. The molecule has 0 saturated carbocycles. The van der Waals surface area contributed by atoms with E-state index in [9.17, 15) is 4.79 Å². The van der Waals surface area contributed by atoms with E-state index < -0.39 is 6.10 Å². The maximum Gasteiger partial charge on any atom is 0.179 e. The number of hydrogen-bond acceptors (Lipinski definition) is 3. The average molecular weight is 177 g/mol. The molecule has 0 saturated heterocycles. The van der Waals surface area contributed by atoms with Crippen LogP contribution in [0.25, 0.3) is 0 Å². The summed E-state index contributed by atoms with van der Waals surface area (Å²) in [5.41, 5.74) is 6.36. The van der Waals surface area contributed by atoms with Gasteiger partial charge in [0.25, 0.3) is 0 Å². The fourth-order valence-corrected chi connectivity index (χ4v) is 1.46. The van der Waals surface area contributed by atoms with Crippen molar-refractivity contribution in [3.8, 4) is 5.75 Å². The van der Waals surface area contributed by atoms with E-state index in [0.29, 0.717) is 6.42 Å². The molecule has 0 fully saturated rings. The predicted molar refractivity (Wildman–Crippen MR) is 48.6 cm³/mol. The predicted octanol–water partition coefficient (Wildman–Crippen LogP) is 0.518. The molecular weight excluding hydrogens is 166 g/mol. The van der Waals surface area contributed by atoms with Gasteiger partial charge in [0, 0.05) is 18.5 Å². The Hall–Kier alpha value is -1.35. The van der Waals surface area contributed by atoms with Gasteiger partial charge >= 0.3 is 0 Å². The fourth-order valence-electron chi connectivity index (χ4n) is 1.46. The minimum absolute atomic E-state index is 0.0706. The average Bonchev–Trinajstić information content (AvgIpc) is 2.17. The quantitative estimate of drug-likeness (QED) is 0.680. The number of nitrogens with two attached hydrogens (primary N) is 1. The van der Waals surface area contributed by atoms with Crippen molar-refractivity contribution >= 4 is 5.78 Å². The number of fused-ring (bicyclic) bond motifs is 1. The van der Waals surface area contributed by atoms with Crippen LogP contribution in [0.15, 0.2) is 24.3 Å². The van der Waals surface area contributed by atoms with E-state index in [-0.39, 0.29) is 12.3 Å². The molecule has 0 bridgehead atoms. The van der Waals surface area contributed by atoms with Crippen molar-refractivity contribution < 1.29 is 9.53 Å². The minimum Gasteiger partial charge on any atom is -0.481 e. The lowest BCUT2D eigenvalue weighted by Crippen LogP contribution is -2.39. The monoisotopic (exact) mass is 177 g/mol. The number of carbonyl (C=O) groups excluding carboxylic acids is 1. The van der Waals surface area contributed by atoms with Crippen LogP contribution >= 0.6 is 0 Å². The SMILES string of the molecule is NCC1Oc2ccccc2CC1=O. The molecule has 3 nitrogen and oxygen atoms in total. The third-order valence-electron chi connectivity index (χ3n) is 2.18.